The molecule has 3 aromatic heterocycles. The summed E-state index contributed by atoms with van der Waals surface area (Å²) in [6, 6.07) is 8.15. The van der Waals surface area contributed by atoms with Crippen LogP contribution in [0.3, 0.4) is 0 Å². The van der Waals surface area contributed by atoms with Crippen LogP contribution in [0.15, 0.2) is 53.6 Å². The highest BCUT2D eigenvalue weighted by molar-refractivity contribution is 6.30. The molecular formula is C28H26ClF3N6O3. The minimum Gasteiger partial charge on any atom is -0.354 e. The summed E-state index contributed by atoms with van der Waals surface area (Å²) in [5, 5.41) is 5.38. The van der Waals surface area contributed by atoms with Gasteiger partial charge in [-0.05, 0) is 61.9 Å². The van der Waals surface area contributed by atoms with Gasteiger partial charge in [0.15, 0.2) is 0 Å². The summed E-state index contributed by atoms with van der Waals surface area (Å²) < 4.78 is 43.9. The number of rotatable bonds is 7. The van der Waals surface area contributed by atoms with E-state index in [9.17, 15) is 27.6 Å². The maximum Gasteiger partial charge on any atom is 0.333 e. The Balaban J connectivity index is 1.32. The Labute approximate surface area is 237 Å². The molecule has 5 rings (SSSR count). The number of carbonyl (C=O) groups is 2. The zero-order valence-corrected chi connectivity index (χ0v) is 22.7. The van der Waals surface area contributed by atoms with Crippen LogP contribution in [0.25, 0.3) is 16.7 Å². The Morgan fingerprint density at radius 3 is 2.44 bits per heavy atom. The summed E-state index contributed by atoms with van der Waals surface area (Å²) in [6.45, 7) is 0.367. The van der Waals surface area contributed by atoms with E-state index in [1.165, 1.54) is 42.1 Å². The summed E-state index contributed by atoms with van der Waals surface area (Å²) >= 11 is 5.88. The topological polar surface area (TPSA) is 111 Å². The zero-order chi connectivity index (χ0) is 29.3. The normalized spacial score (nSPS) is 17.1. The lowest BCUT2D eigenvalue weighted by Gasteiger charge is -2.29. The number of nitrogens with one attached hydrogen (secondary N) is 2. The van der Waals surface area contributed by atoms with Crippen LogP contribution < -0.4 is 16.3 Å². The van der Waals surface area contributed by atoms with E-state index < -0.39 is 23.8 Å². The Kier molecular flexibility index (Phi) is 8.11. The first-order valence-electron chi connectivity index (χ1n) is 13.0. The van der Waals surface area contributed by atoms with Gasteiger partial charge in [0.1, 0.15) is 17.2 Å². The van der Waals surface area contributed by atoms with E-state index in [-0.39, 0.29) is 39.8 Å². The van der Waals surface area contributed by atoms with Crippen LogP contribution in [0.4, 0.5) is 13.2 Å². The van der Waals surface area contributed by atoms with Crippen molar-refractivity contribution < 1.29 is 22.8 Å². The molecule has 3 heterocycles. The number of fused-ring (bicyclic) bond motifs is 1. The number of hydrogen-bond donors (Lipinski definition) is 2. The van der Waals surface area contributed by atoms with Crippen molar-refractivity contribution in [3.63, 3.8) is 0 Å². The van der Waals surface area contributed by atoms with Gasteiger partial charge in [-0.15, -0.1) is 0 Å². The van der Waals surface area contributed by atoms with Crippen molar-refractivity contribution >= 4 is 34.4 Å². The molecule has 1 aliphatic rings. The van der Waals surface area contributed by atoms with E-state index in [1.807, 2.05) is 0 Å². The lowest BCUT2D eigenvalue weighted by atomic mass is 9.85. The summed E-state index contributed by atoms with van der Waals surface area (Å²) in [5.41, 5.74) is 0.252. The van der Waals surface area contributed by atoms with Crippen LogP contribution >= 0.6 is 11.6 Å². The van der Waals surface area contributed by atoms with E-state index in [0.29, 0.717) is 48.9 Å². The van der Waals surface area contributed by atoms with E-state index >= 15 is 0 Å². The van der Waals surface area contributed by atoms with Gasteiger partial charge in [-0.2, -0.15) is 0 Å². The van der Waals surface area contributed by atoms with E-state index in [0.717, 1.165) is 6.20 Å². The van der Waals surface area contributed by atoms with Crippen LogP contribution in [-0.2, 0) is 6.54 Å². The number of aromatic nitrogens is 4. The molecule has 0 spiro atoms. The lowest BCUT2D eigenvalue weighted by molar-refractivity contribution is 0.0903. The van der Waals surface area contributed by atoms with Crippen molar-refractivity contribution in [1.82, 2.24) is 29.7 Å². The molecule has 214 valence electrons. The molecule has 0 radical (unpaired) electrons. The molecule has 0 saturated heterocycles. The summed E-state index contributed by atoms with van der Waals surface area (Å²) in [6.07, 6.45) is 2.06. The van der Waals surface area contributed by atoms with Crippen molar-refractivity contribution in [2.24, 2.45) is 5.92 Å². The van der Waals surface area contributed by atoms with Crippen LogP contribution in [0.1, 0.15) is 58.6 Å². The first-order chi connectivity index (χ1) is 19.7. The van der Waals surface area contributed by atoms with Crippen molar-refractivity contribution in [1.29, 1.82) is 0 Å². The third-order valence-corrected chi connectivity index (χ3v) is 7.52. The van der Waals surface area contributed by atoms with Crippen LogP contribution in [-0.4, -0.2) is 44.0 Å². The van der Waals surface area contributed by atoms with Crippen LogP contribution in [0.2, 0.25) is 5.02 Å². The molecule has 1 aromatic carbocycles. The molecule has 9 nitrogen and oxygen atoms in total. The Bertz CT molecular complexity index is 1660. The van der Waals surface area contributed by atoms with E-state index in [4.69, 9.17) is 11.6 Å². The van der Waals surface area contributed by atoms with Crippen molar-refractivity contribution in [3.8, 4) is 5.69 Å². The molecule has 0 unspecified atom stereocenters. The summed E-state index contributed by atoms with van der Waals surface area (Å²) in [4.78, 5) is 45.9. The Hall–Kier alpha value is -4.19. The fraction of sp³-hybridized carbons (Fsp3) is 0.321. The minimum absolute atomic E-state index is 0.0863. The average molecular weight is 587 g/mol. The number of hydrogen-bond acceptors (Lipinski definition) is 5. The molecule has 0 bridgehead atoms. The number of carbonyl (C=O) groups excluding carboxylic acids is 2. The number of amides is 2. The zero-order valence-electron chi connectivity index (χ0n) is 21.9. The van der Waals surface area contributed by atoms with Crippen LogP contribution in [0, 0.1) is 11.7 Å². The molecule has 1 fully saturated rings. The number of pyridine rings is 2. The monoisotopic (exact) mass is 586 g/mol. The van der Waals surface area contributed by atoms with Gasteiger partial charge in [-0.25, -0.2) is 22.9 Å². The molecule has 2 N–H and O–H groups in total. The van der Waals surface area contributed by atoms with Gasteiger partial charge in [-0.1, -0.05) is 11.6 Å². The van der Waals surface area contributed by atoms with E-state index in [1.54, 1.807) is 16.7 Å². The highest BCUT2D eigenvalue weighted by Gasteiger charge is 2.27. The maximum atomic E-state index is 14.2. The highest BCUT2D eigenvalue weighted by atomic mass is 35.5. The molecule has 1 saturated carbocycles. The van der Waals surface area contributed by atoms with Crippen molar-refractivity contribution in [2.45, 2.75) is 44.7 Å². The SMILES string of the molecule is CNC(=O)c1ccc(-n2c(=O)n(C[C@H]3CC[C@H](NC(=O)c4cc(Cl)cnc4C(F)F)CC3)c3ccc(F)cc32)cn1. The number of benzene rings is 1. The van der Waals surface area contributed by atoms with Gasteiger partial charge in [0.2, 0.25) is 0 Å². The number of alkyl halides is 2. The average Bonchev–Trinajstić information content (AvgIpc) is 3.23. The van der Waals surface area contributed by atoms with Gasteiger partial charge < -0.3 is 10.6 Å². The molecule has 41 heavy (non-hydrogen) atoms. The lowest BCUT2D eigenvalue weighted by Crippen LogP contribution is -2.39. The van der Waals surface area contributed by atoms with Crippen LogP contribution in [0.5, 0.6) is 0 Å². The first kappa shape index (κ1) is 28.3. The first-order valence-corrected chi connectivity index (χ1v) is 13.4. The highest BCUT2D eigenvalue weighted by Crippen LogP contribution is 2.29. The van der Waals surface area contributed by atoms with Crippen molar-refractivity contribution in [2.75, 3.05) is 7.05 Å². The fourth-order valence-corrected chi connectivity index (χ4v) is 5.41. The van der Waals surface area contributed by atoms with Gasteiger partial charge in [-0.3, -0.25) is 23.7 Å². The number of halogens is 4. The maximum absolute atomic E-state index is 14.2. The van der Waals surface area contributed by atoms with E-state index in [2.05, 4.69) is 20.6 Å². The molecule has 2 amide bonds. The second-order valence-electron chi connectivity index (χ2n) is 9.92. The van der Waals surface area contributed by atoms with Gasteiger partial charge in [0.25, 0.3) is 18.2 Å². The predicted molar refractivity (Wildman–Crippen MR) is 146 cm³/mol. The molecule has 13 heteroatoms. The summed E-state index contributed by atoms with van der Waals surface area (Å²) in [7, 11) is 1.49. The molecule has 1 aliphatic carbocycles. The fourth-order valence-electron chi connectivity index (χ4n) is 5.25. The third-order valence-electron chi connectivity index (χ3n) is 7.32. The second kappa shape index (κ2) is 11.7. The number of nitrogens with zero attached hydrogens (tertiary/aromatic N) is 4. The third kappa shape index (κ3) is 5.83. The second-order valence-corrected chi connectivity index (χ2v) is 10.4. The molecule has 0 atom stereocenters. The Morgan fingerprint density at radius 1 is 1.02 bits per heavy atom. The minimum atomic E-state index is -2.91. The smallest absolute Gasteiger partial charge is 0.333 e. The largest absolute Gasteiger partial charge is 0.354 e. The molecule has 0 aliphatic heterocycles. The van der Waals surface area contributed by atoms with Gasteiger partial charge in [0.05, 0.1) is 33.5 Å². The number of imidazole rings is 1. The van der Waals surface area contributed by atoms with Gasteiger partial charge >= 0.3 is 5.69 Å². The standard InChI is InChI=1S/C28H26ClF3N6O3/c1-33-27(40)21-8-7-19(13-34-21)38-23-11-17(30)4-9-22(23)37(28(38)41)14-15-2-5-18(6-3-15)36-26(39)20-10-16(29)12-35-24(20)25(31)32/h4,7-13,15,18,25H,2-3,5-6,14H2,1H3,(H,33,40)(H,36,39)/t15-,18-. The van der Waals surface area contributed by atoms with Crippen molar-refractivity contribution in [3.05, 3.63) is 87.1 Å². The molecule has 4 aromatic rings. The molecular weight excluding hydrogens is 561 g/mol. The van der Waals surface area contributed by atoms with Gasteiger partial charge in [0, 0.05) is 31.9 Å². The predicted octanol–water partition coefficient (Wildman–Crippen LogP) is 4.66. The summed E-state index contributed by atoms with van der Waals surface area (Å²) in [5.74, 6) is -1.44. The quantitative estimate of drug-likeness (QED) is 0.327. The Morgan fingerprint density at radius 2 is 1.78 bits per heavy atom.